The van der Waals surface area contributed by atoms with E-state index in [2.05, 4.69) is 15.3 Å². The Bertz CT molecular complexity index is 899. The van der Waals surface area contributed by atoms with E-state index in [9.17, 15) is 18.0 Å². The molecule has 0 amide bonds. The van der Waals surface area contributed by atoms with Crippen molar-refractivity contribution in [3.8, 4) is 0 Å². The number of hydrogen-bond acceptors (Lipinski definition) is 5. The van der Waals surface area contributed by atoms with Crippen molar-refractivity contribution in [3.05, 3.63) is 38.9 Å². The average Bonchev–Trinajstić information content (AvgIpc) is 2.49. The van der Waals surface area contributed by atoms with Crippen LogP contribution in [0.5, 0.6) is 0 Å². The molecule has 2 heterocycles. The van der Waals surface area contributed by atoms with Gasteiger partial charge in [0.2, 0.25) is 10.0 Å². The molecule has 0 spiro atoms. The van der Waals surface area contributed by atoms with E-state index in [1.165, 1.54) is 22.5 Å². The highest BCUT2D eigenvalue weighted by Gasteiger charge is 2.26. The summed E-state index contributed by atoms with van der Waals surface area (Å²) < 4.78 is 26.4. The Morgan fingerprint density at radius 3 is 2.18 bits per heavy atom. The first-order chi connectivity index (χ1) is 9.98. The number of rotatable bonds is 2. The first-order valence-electron chi connectivity index (χ1n) is 6.46. The second-order valence-corrected chi connectivity index (χ2v) is 6.71. The van der Waals surface area contributed by atoms with Crippen molar-refractivity contribution in [1.29, 1.82) is 0 Å². The van der Waals surface area contributed by atoms with Crippen molar-refractivity contribution < 1.29 is 8.42 Å². The molecule has 120 valence electrons. The van der Waals surface area contributed by atoms with Crippen LogP contribution in [0.1, 0.15) is 0 Å². The predicted molar refractivity (Wildman–Crippen MR) is 84.1 cm³/mol. The monoisotopic (exact) mass is 346 g/mol. The summed E-state index contributed by atoms with van der Waals surface area (Å²) in [4.78, 5) is 27.4. The first-order valence-corrected chi connectivity index (χ1v) is 7.90. The summed E-state index contributed by atoms with van der Waals surface area (Å²) >= 11 is 0. The van der Waals surface area contributed by atoms with Crippen LogP contribution in [0.3, 0.4) is 0 Å². The van der Waals surface area contributed by atoms with E-state index in [1.807, 2.05) is 0 Å². The number of sulfonamides is 1. The fraction of sp³-hybridized carbons (Fsp3) is 0.333. The molecule has 1 aliphatic rings. The van der Waals surface area contributed by atoms with Gasteiger partial charge >= 0.3 is 11.1 Å². The number of halogens is 1. The fourth-order valence-corrected chi connectivity index (χ4v) is 3.76. The molecule has 8 nitrogen and oxygen atoms in total. The third kappa shape index (κ3) is 2.93. The first kappa shape index (κ1) is 16.7. The van der Waals surface area contributed by atoms with E-state index in [1.54, 1.807) is 0 Å². The van der Waals surface area contributed by atoms with E-state index in [0.717, 1.165) is 0 Å². The standard InChI is InChI=1S/C12H14N4O4S.ClH/c17-11-12(18)15-10-7-8(1-2-9(10)14-11)21(19,20)16-5-3-13-4-6-16;/h1-2,7,13H,3-6H2,(H,14,17)(H,15,18);1H. The van der Waals surface area contributed by atoms with Crippen LogP contribution in [0.15, 0.2) is 32.7 Å². The lowest BCUT2D eigenvalue weighted by Gasteiger charge is -2.26. The van der Waals surface area contributed by atoms with Gasteiger partial charge < -0.3 is 15.3 Å². The molecule has 1 fully saturated rings. The molecular formula is C12H15ClN4O4S. The van der Waals surface area contributed by atoms with Crippen molar-refractivity contribution in [1.82, 2.24) is 19.6 Å². The van der Waals surface area contributed by atoms with Gasteiger partial charge in [-0.25, -0.2) is 8.42 Å². The summed E-state index contributed by atoms with van der Waals surface area (Å²) in [6.07, 6.45) is 0. The number of benzene rings is 1. The number of nitrogens with zero attached hydrogens (tertiary/aromatic N) is 1. The van der Waals surface area contributed by atoms with Gasteiger partial charge in [0.05, 0.1) is 15.9 Å². The highest BCUT2D eigenvalue weighted by Crippen LogP contribution is 2.19. The molecule has 1 aliphatic heterocycles. The number of aromatic nitrogens is 2. The van der Waals surface area contributed by atoms with Gasteiger partial charge in [0.15, 0.2) is 0 Å². The summed E-state index contributed by atoms with van der Waals surface area (Å²) in [6.45, 7) is 2.03. The highest BCUT2D eigenvalue weighted by molar-refractivity contribution is 7.89. The molecule has 10 heteroatoms. The van der Waals surface area contributed by atoms with Gasteiger partial charge in [0.25, 0.3) is 0 Å². The molecule has 0 radical (unpaired) electrons. The number of fused-ring (bicyclic) bond motifs is 1. The van der Waals surface area contributed by atoms with E-state index >= 15 is 0 Å². The van der Waals surface area contributed by atoms with Crippen LogP contribution in [0, 0.1) is 0 Å². The molecule has 1 aromatic carbocycles. The van der Waals surface area contributed by atoms with Gasteiger partial charge in [0, 0.05) is 26.2 Å². The zero-order valence-corrected chi connectivity index (χ0v) is 13.1. The van der Waals surface area contributed by atoms with Gasteiger partial charge in [-0.15, -0.1) is 12.4 Å². The smallest absolute Gasteiger partial charge is 0.314 e. The van der Waals surface area contributed by atoms with Crippen molar-refractivity contribution in [3.63, 3.8) is 0 Å². The topological polar surface area (TPSA) is 115 Å². The lowest BCUT2D eigenvalue weighted by Crippen LogP contribution is -2.46. The van der Waals surface area contributed by atoms with Crippen LogP contribution in [-0.2, 0) is 10.0 Å². The second-order valence-electron chi connectivity index (χ2n) is 4.77. The summed E-state index contributed by atoms with van der Waals surface area (Å²) in [6, 6.07) is 4.26. The lowest BCUT2D eigenvalue weighted by atomic mass is 10.3. The number of hydrogen-bond donors (Lipinski definition) is 3. The minimum atomic E-state index is -3.60. The zero-order valence-electron chi connectivity index (χ0n) is 11.5. The molecule has 0 aliphatic carbocycles. The molecular weight excluding hydrogens is 332 g/mol. The van der Waals surface area contributed by atoms with Crippen LogP contribution < -0.4 is 16.4 Å². The van der Waals surface area contributed by atoms with E-state index in [-0.39, 0.29) is 22.8 Å². The number of nitrogens with one attached hydrogen (secondary N) is 3. The van der Waals surface area contributed by atoms with Gasteiger partial charge in [0.1, 0.15) is 0 Å². The van der Waals surface area contributed by atoms with E-state index < -0.39 is 21.1 Å². The van der Waals surface area contributed by atoms with Crippen molar-refractivity contribution in [2.45, 2.75) is 4.90 Å². The van der Waals surface area contributed by atoms with Crippen molar-refractivity contribution in [2.24, 2.45) is 0 Å². The molecule has 0 atom stereocenters. The molecule has 0 unspecified atom stereocenters. The van der Waals surface area contributed by atoms with Crippen molar-refractivity contribution >= 4 is 33.5 Å². The molecule has 2 aromatic rings. The predicted octanol–water partition coefficient (Wildman–Crippen LogP) is -0.768. The largest absolute Gasteiger partial charge is 0.316 e. The molecule has 0 bridgehead atoms. The molecule has 3 rings (SSSR count). The van der Waals surface area contributed by atoms with Crippen LogP contribution in [-0.4, -0.2) is 48.9 Å². The third-order valence-corrected chi connectivity index (χ3v) is 5.30. The normalized spacial score (nSPS) is 16.4. The second kappa shape index (κ2) is 6.21. The average molecular weight is 347 g/mol. The van der Waals surface area contributed by atoms with E-state index in [4.69, 9.17) is 0 Å². The van der Waals surface area contributed by atoms with Crippen LogP contribution in [0.4, 0.5) is 0 Å². The summed E-state index contributed by atoms with van der Waals surface area (Å²) in [7, 11) is -3.60. The van der Waals surface area contributed by atoms with Crippen LogP contribution >= 0.6 is 12.4 Å². The molecule has 1 saturated heterocycles. The minimum Gasteiger partial charge on any atom is -0.316 e. The van der Waals surface area contributed by atoms with Gasteiger partial charge in [-0.3, -0.25) is 9.59 Å². The molecule has 22 heavy (non-hydrogen) atoms. The molecule has 0 saturated carbocycles. The summed E-state index contributed by atoms with van der Waals surface area (Å²) in [5.74, 6) is 0. The number of piperazine rings is 1. The SMILES string of the molecule is Cl.O=c1[nH]c2ccc(S(=O)(=O)N3CCNCC3)cc2[nH]c1=O. The Balaban J connectivity index is 0.00000176. The lowest BCUT2D eigenvalue weighted by molar-refractivity contribution is 0.360. The van der Waals surface area contributed by atoms with Gasteiger partial charge in [-0.2, -0.15) is 4.31 Å². The van der Waals surface area contributed by atoms with Crippen LogP contribution in [0.25, 0.3) is 11.0 Å². The maximum absolute atomic E-state index is 12.5. The van der Waals surface area contributed by atoms with E-state index in [0.29, 0.717) is 31.7 Å². The maximum Gasteiger partial charge on any atom is 0.314 e. The third-order valence-electron chi connectivity index (χ3n) is 3.41. The Morgan fingerprint density at radius 2 is 1.55 bits per heavy atom. The fourth-order valence-electron chi connectivity index (χ4n) is 2.29. The number of H-pyrrole nitrogens is 2. The Hall–Kier alpha value is -1.68. The highest BCUT2D eigenvalue weighted by atomic mass is 35.5. The van der Waals surface area contributed by atoms with Crippen molar-refractivity contribution in [2.75, 3.05) is 26.2 Å². The Labute approximate surface area is 132 Å². The maximum atomic E-state index is 12.5. The van der Waals surface area contributed by atoms with Gasteiger partial charge in [-0.1, -0.05) is 0 Å². The number of aromatic amines is 2. The Morgan fingerprint density at radius 1 is 0.955 bits per heavy atom. The summed E-state index contributed by atoms with van der Waals surface area (Å²) in [5.41, 5.74) is -0.894. The Kier molecular flexibility index (Phi) is 4.71. The minimum absolute atomic E-state index is 0. The molecule has 3 N–H and O–H groups in total. The van der Waals surface area contributed by atoms with Gasteiger partial charge in [-0.05, 0) is 18.2 Å². The zero-order chi connectivity index (χ0) is 15.0. The quantitative estimate of drug-likeness (QED) is 0.618. The molecule has 1 aromatic heterocycles. The van der Waals surface area contributed by atoms with Crippen LogP contribution in [0.2, 0.25) is 0 Å². The summed E-state index contributed by atoms with van der Waals surface area (Å²) in [5, 5.41) is 3.09.